The molecular formula is C11H15N. The normalized spacial score (nSPS) is 27.2. The maximum Gasteiger partial charge on any atom is 0.0115 e. The lowest BCUT2D eigenvalue weighted by atomic mass is 10.0. The Balaban J connectivity index is 2.29. The lowest BCUT2D eigenvalue weighted by molar-refractivity contribution is 0.960. The summed E-state index contributed by atoms with van der Waals surface area (Å²) < 4.78 is 0. The van der Waals surface area contributed by atoms with E-state index < -0.39 is 0 Å². The summed E-state index contributed by atoms with van der Waals surface area (Å²) in [6, 6.07) is 9.07. The molecular weight excluding hydrogens is 146 g/mol. The van der Waals surface area contributed by atoms with E-state index in [1.54, 1.807) is 0 Å². The fraction of sp³-hybridized carbons (Fsp3) is 0.455. The van der Waals surface area contributed by atoms with E-state index in [4.69, 9.17) is 5.73 Å². The van der Waals surface area contributed by atoms with Crippen LogP contribution < -0.4 is 5.73 Å². The van der Waals surface area contributed by atoms with E-state index in [1.807, 2.05) is 0 Å². The Hall–Kier alpha value is -0.820. The molecule has 1 nitrogen and oxygen atoms in total. The van der Waals surface area contributed by atoms with Gasteiger partial charge in [0.2, 0.25) is 0 Å². The van der Waals surface area contributed by atoms with Gasteiger partial charge < -0.3 is 5.73 Å². The molecule has 2 rings (SSSR count). The molecule has 1 aliphatic rings. The van der Waals surface area contributed by atoms with Gasteiger partial charge in [-0.25, -0.2) is 0 Å². The number of hydrogen-bond acceptors (Lipinski definition) is 1. The van der Waals surface area contributed by atoms with E-state index in [-0.39, 0.29) is 0 Å². The molecule has 0 spiro atoms. The molecule has 0 aromatic heterocycles. The Morgan fingerprint density at radius 1 is 1.42 bits per heavy atom. The van der Waals surface area contributed by atoms with Crippen LogP contribution in [0, 0.1) is 0 Å². The monoisotopic (exact) mass is 161 g/mol. The number of aryl methyl sites for hydroxylation is 1. The zero-order valence-corrected chi connectivity index (χ0v) is 7.46. The van der Waals surface area contributed by atoms with Gasteiger partial charge in [0.1, 0.15) is 0 Å². The minimum absolute atomic E-state index is 0.428. The number of benzene rings is 1. The molecule has 1 heteroatoms. The molecule has 1 aromatic rings. The van der Waals surface area contributed by atoms with Crippen LogP contribution in [0.5, 0.6) is 0 Å². The zero-order valence-electron chi connectivity index (χ0n) is 7.46. The second kappa shape index (κ2) is 2.91. The van der Waals surface area contributed by atoms with Crippen molar-refractivity contribution in [3.63, 3.8) is 0 Å². The van der Waals surface area contributed by atoms with Crippen molar-refractivity contribution in [3.05, 3.63) is 35.4 Å². The standard InChI is InChI=1S/C11H15N/c1-2-8-5-3-4-6-9(8)10-7-11(10)12/h3-6,10-11H,2,7,12H2,1H3/t10-,11+/m1/s1. The van der Waals surface area contributed by atoms with Crippen molar-refractivity contribution in [3.8, 4) is 0 Å². The molecule has 0 heterocycles. The van der Waals surface area contributed by atoms with Gasteiger partial charge in [0.05, 0.1) is 0 Å². The lowest BCUT2D eigenvalue weighted by Crippen LogP contribution is -2.02. The molecule has 2 atom stereocenters. The summed E-state index contributed by atoms with van der Waals surface area (Å²) in [5, 5.41) is 0. The van der Waals surface area contributed by atoms with Crippen LogP contribution in [0.15, 0.2) is 24.3 Å². The van der Waals surface area contributed by atoms with E-state index in [9.17, 15) is 0 Å². The first-order chi connectivity index (χ1) is 5.83. The highest BCUT2D eigenvalue weighted by molar-refractivity contribution is 5.35. The first-order valence-electron chi connectivity index (χ1n) is 4.66. The minimum atomic E-state index is 0.428. The average Bonchev–Trinajstić information content (AvgIpc) is 2.83. The molecule has 12 heavy (non-hydrogen) atoms. The first-order valence-corrected chi connectivity index (χ1v) is 4.66. The topological polar surface area (TPSA) is 26.0 Å². The molecule has 1 aliphatic carbocycles. The van der Waals surface area contributed by atoms with Gasteiger partial charge in [0, 0.05) is 12.0 Å². The maximum atomic E-state index is 5.82. The molecule has 0 radical (unpaired) electrons. The van der Waals surface area contributed by atoms with Gasteiger partial charge in [-0.15, -0.1) is 0 Å². The molecule has 0 bridgehead atoms. The quantitative estimate of drug-likeness (QED) is 0.706. The molecule has 0 unspecified atom stereocenters. The van der Waals surface area contributed by atoms with E-state index in [0.717, 1.165) is 6.42 Å². The van der Waals surface area contributed by atoms with E-state index >= 15 is 0 Å². The van der Waals surface area contributed by atoms with Crippen molar-refractivity contribution in [1.82, 2.24) is 0 Å². The summed E-state index contributed by atoms with van der Waals surface area (Å²) >= 11 is 0. The van der Waals surface area contributed by atoms with Crippen molar-refractivity contribution in [2.45, 2.75) is 31.7 Å². The van der Waals surface area contributed by atoms with Crippen molar-refractivity contribution < 1.29 is 0 Å². The predicted molar refractivity (Wildman–Crippen MR) is 51.2 cm³/mol. The maximum absolute atomic E-state index is 5.82. The molecule has 2 N–H and O–H groups in total. The van der Waals surface area contributed by atoms with Crippen LogP contribution in [-0.4, -0.2) is 6.04 Å². The molecule has 1 aromatic carbocycles. The fourth-order valence-corrected chi connectivity index (χ4v) is 1.79. The molecule has 64 valence electrons. The third-order valence-corrected chi connectivity index (χ3v) is 2.68. The minimum Gasteiger partial charge on any atom is -0.327 e. The van der Waals surface area contributed by atoms with Crippen LogP contribution in [0.4, 0.5) is 0 Å². The molecule has 0 aliphatic heterocycles. The Morgan fingerprint density at radius 3 is 2.67 bits per heavy atom. The molecule has 1 fully saturated rings. The Morgan fingerprint density at radius 2 is 2.08 bits per heavy atom. The van der Waals surface area contributed by atoms with Crippen LogP contribution in [0.1, 0.15) is 30.4 Å². The van der Waals surface area contributed by atoms with Gasteiger partial charge in [-0.2, -0.15) is 0 Å². The van der Waals surface area contributed by atoms with Crippen molar-refractivity contribution in [2.75, 3.05) is 0 Å². The van der Waals surface area contributed by atoms with Gasteiger partial charge in [-0.1, -0.05) is 31.2 Å². The Bertz CT molecular complexity index is 280. The van der Waals surface area contributed by atoms with Crippen LogP contribution in [0.2, 0.25) is 0 Å². The highest BCUT2D eigenvalue weighted by atomic mass is 14.7. The average molecular weight is 161 g/mol. The highest BCUT2D eigenvalue weighted by Gasteiger charge is 2.35. The number of nitrogens with two attached hydrogens (primary N) is 1. The fourth-order valence-electron chi connectivity index (χ4n) is 1.79. The van der Waals surface area contributed by atoms with Crippen LogP contribution in [0.3, 0.4) is 0 Å². The smallest absolute Gasteiger partial charge is 0.0115 e. The highest BCUT2D eigenvalue weighted by Crippen LogP contribution is 2.40. The predicted octanol–water partition coefficient (Wildman–Crippen LogP) is 2.06. The van der Waals surface area contributed by atoms with Gasteiger partial charge in [0.15, 0.2) is 0 Å². The van der Waals surface area contributed by atoms with Gasteiger partial charge in [0.25, 0.3) is 0 Å². The number of hydrogen-bond donors (Lipinski definition) is 1. The Labute approximate surface area is 73.6 Å². The van der Waals surface area contributed by atoms with Crippen molar-refractivity contribution in [1.29, 1.82) is 0 Å². The summed E-state index contributed by atoms with van der Waals surface area (Å²) in [5.74, 6) is 0.654. The second-order valence-corrected chi connectivity index (χ2v) is 3.56. The van der Waals surface area contributed by atoms with Crippen LogP contribution in [-0.2, 0) is 6.42 Å². The molecule has 0 amide bonds. The zero-order chi connectivity index (χ0) is 8.55. The summed E-state index contributed by atoms with van der Waals surface area (Å²) in [6.07, 6.45) is 2.30. The van der Waals surface area contributed by atoms with E-state index in [1.165, 1.54) is 17.5 Å². The van der Waals surface area contributed by atoms with Crippen LogP contribution >= 0.6 is 0 Å². The van der Waals surface area contributed by atoms with E-state index in [0.29, 0.717) is 12.0 Å². The summed E-state index contributed by atoms with van der Waals surface area (Å²) in [7, 11) is 0. The van der Waals surface area contributed by atoms with Crippen LogP contribution in [0.25, 0.3) is 0 Å². The first kappa shape index (κ1) is 7.81. The third kappa shape index (κ3) is 1.25. The number of rotatable bonds is 2. The summed E-state index contributed by atoms with van der Waals surface area (Å²) in [6.45, 7) is 2.20. The largest absolute Gasteiger partial charge is 0.327 e. The summed E-state index contributed by atoms with van der Waals surface area (Å²) in [4.78, 5) is 0. The summed E-state index contributed by atoms with van der Waals surface area (Å²) in [5.41, 5.74) is 8.77. The Kier molecular flexibility index (Phi) is 1.89. The molecule has 0 saturated heterocycles. The third-order valence-electron chi connectivity index (χ3n) is 2.68. The van der Waals surface area contributed by atoms with Gasteiger partial charge in [-0.05, 0) is 24.0 Å². The molecule has 1 saturated carbocycles. The van der Waals surface area contributed by atoms with E-state index in [2.05, 4.69) is 31.2 Å². The van der Waals surface area contributed by atoms with Gasteiger partial charge >= 0.3 is 0 Å². The van der Waals surface area contributed by atoms with Gasteiger partial charge in [-0.3, -0.25) is 0 Å². The second-order valence-electron chi connectivity index (χ2n) is 3.56. The lowest BCUT2D eigenvalue weighted by Gasteiger charge is -2.05. The van der Waals surface area contributed by atoms with Crippen molar-refractivity contribution in [2.24, 2.45) is 5.73 Å². The van der Waals surface area contributed by atoms with Crippen molar-refractivity contribution >= 4 is 0 Å². The SMILES string of the molecule is CCc1ccccc1[C@H]1C[C@@H]1N.